The summed E-state index contributed by atoms with van der Waals surface area (Å²) in [6.45, 7) is 0. The summed E-state index contributed by atoms with van der Waals surface area (Å²) in [6.07, 6.45) is 1.44. The number of carbonyl (C=O) groups excluding carboxylic acids is 2. The van der Waals surface area contributed by atoms with E-state index < -0.39 is 11.6 Å². The zero-order valence-corrected chi connectivity index (χ0v) is 9.93. The molecule has 1 aromatic rings. The Balaban J connectivity index is 2.15. The lowest BCUT2D eigenvalue weighted by molar-refractivity contribution is -0.124. The molecule has 1 aliphatic heterocycles. The Morgan fingerprint density at radius 2 is 2.12 bits per heavy atom. The molecule has 2 aliphatic rings. The second-order valence-corrected chi connectivity index (χ2v) is 5.03. The summed E-state index contributed by atoms with van der Waals surface area (Å²) in [5.74, 6) is -0.237. The molecule has 4 nitrogen and oxygen atoms in total. The molecule has 0 unspecified atom stereocenters. The maximum absolute atomic E-state index is 11.9. The highest BCUT2D eigenvalue weighted by molar-refractivity contribution is 9.10. The molecule has 0 saturated carbocycles. The number of rotatable bonds is 0. The van der Waals surface area contributed by atoms with E-state index >= 15 is 0 Å². The van der Waals surface area contributed by atoms with Crippen molar-refractivity contribution in [2.75, 3.05) is 0 Å². The zero-order valence-electron chi connectivity index (χ0n) is 8.34. The first-order chi connectivity index (χ1) is 7.62. The van der Waals surface area contributed by atoms with Gasteiger partial charge in [0.05, 0.1) is 0 Å². The van der Waals surface area contributed by atoms with E-state index in [-0.39, 0.29) is 5.91 Å². The number of hydrogen-bond acceptors (Lipinski definition) is 2. The third kappa shape index (κ3) is 1.15. The Labute approximate surface area is 101 Å². The molecule has 16 heavy (non-hydrogen) atoms. The van der Waals surface area contributed by atoms with E-state index in [9.17, 15) is 9.59 Å². The standard InChI is InChI=1S/C11H9BrN2O2/c12-7-1-2-8-6(5-7)3-4-11(8)9(15)13-10(16)14-11/h1-2,5H,3-4H2,(H2,13,14,15,16)/t11-/m0/s1. The average Bonchev–Trinajstić information content (AvgIpc) is 2.70. The van der Waals surface area contributed by atoms with E-state index in [2.05, 4.69) is 26.6 Å². The summed E-state index contributed by atoms with van der Waals surface area (Å²) in [5.41, 5.74) is 1.21. The molecule has 0 bridgehead atoms. The summed E-state index contributed by atoms with van der Waals surface area (Å²) in [5, 5.41) is 5.04. The monoisotopic (exact) mass is 280 g/mol. The van der Waals surface area contributed by atoms with Gasteiger partial charge in [0.2, 0.25) is 0 Å². The molecule has 82 valence electrons. The van der Waals surface area contributed by atoms with Crippen molar-refractivity contribution in [2.45, 2.75) is 18.4 Å². The first-order valence-corrected chi connectivity index (χ1v) is 5.84. The molecule has 0 radical (unpaired) electrons. The molecule has 0 aromatic heterocycles. The largest absolute Gasteiger partial charge is 0.322 e. The molecular formula is C11H9BrN2O2. The molecule has 1 atom stereocenters. The van der Waals surface area contributed by atoms with Gasteiger partial charge in [0.1, 0.15) is 5.54 Å². The minimum absolute atomic E-state index is 0.237. The number of amides is 3. The Morgan fingerprint density at radius 1 is 1.31 bits per heavy atom. The van der Waals surface area contributed by atoms with Crippen LogP contribution in [0.1, 0.15) is 17.5 Å². The minimum Gasteiger partial charge on any atom is -0.319 e. The number of imide groups is 1. The van der Waals surface area contributed by atoms with E-state index in [0.29, 0.717) is 6.42 Å². The summed E-state index contributed by atoms with van der Waals surface area (Å²) in [6, 6.07) is 5.39. The Morgan fingerprint density at radius 3 is 2.81 bits per heavy atom. The van der Waals surface area contributed by atoms with Gasteiger partial charge in [0.25, 0.3) is 5.91 Å². The lowest BCUT2D eigenvalue weighted by atomic mass is 9.92. The highest BCUT2D eigenvalue weighted by Gasteiger charge is 2.51. The molecule has 1 aromatic carbocycles. The van der Waals surface area contributed by atoms with Crippen LogP contribution in [0.15, 0.2) is 22.7 Å². The SMILES string of the molecule is O=C1NC(=O)[C@@]2(CCc3cc(Br)ccc32)N1. The number of aryl methyl sites for hydroxylation is 1. The van der Waals surface area contributed by atoms with Gasteiger partial charge in [-0.3, -0.25) is 10.1 Å². The van der Waals surface area contributed by atoms with E-state index in [1.807, 2.05) is 18.2 Å². The molecule has 3 amide bonds. The van der Waals surface area contributed by atoms with Crippen LogP contribution in [0.4, 0.5) is 4.79 Å². The lowest BCUT2D eigenvalue weighted by Crippen LogP contribution is -2.41. The van der Waals surface area contributed by atoms with Crippen LogP contribution in [0.3, 0.4) is 0 Å². The second kappa shape index (κ2) is 3.07. The predicted octanol–water partition coefficient (Wildman–Crippen LogP) is 1.43. The number of hydrogen-bond donors (Lipinski definition) is 2. The molecule has 1 fully saturated rings. The quantitative estimate of drug-likeness (QED) is 0.707. The van der Waals surface area contributed by atoms with Crippen molar-refractivity contribution in [3.63, 3.8) is 0 Å². The number of nitrogens with one attached hydrogen (secondary N) is 2. The van der Waals surface area contributed by atoms with Crippen molar-refractivity contribution in [1.82, 2.24) is 10.6 Å². The van der Waals surface area contributed by atoms with Crippen LogP contribution >= 0.6 is 15.9 Å². The first-order valence-electron chi connectivity index (χ1n) is 5.04. The summed E-state index contributed by atoms with van der Waals surface area (Å²) < 4.78 is 0.994. The van der Waals surface area contributed by atoms with Crippen LogP contribution in [0.5, 0.6) is 0 Å². The van der Waals surface area contributed by atoms with Gasteiger partial charge in [-0.2, -0.15) is 0 Å². The third-order valence-electron chi connectivity index (χ3n) is 3.24. The van der Waals surface area contributed by atoms with Crippen LogP contribution in [-0.2, 0) is 16.8 Å². The number of fused-ring (bicyclic) bond motifs is 2. The van der Waals surface area contributed by atoms with E-state index in [4.69, 9.17) is 0 Å². The predicted molar refractivity (Wildman–Crippen MR) is 60.8 cm³/mol. The third-order valence-corrected chi connectivity index (χ3v) is 3.73. The van der Waals surface area contributed by atoms with Crippen molar-refractivity contribution in [3.05, 3.63) is 33.8 Å². The van der Waals surface area contributed by atoms with Crippen LogP contribution in [0, 0.1) is 0 Å². The fraction of sp³-hybridized carbons (Fsp3) is 0.273. The van der Waals surface area contributed by atoms with Crippen molar-refractivity contribution in [2.24, 2.45) is 0 Å². The first kappa shape index (κ1) is 9.84. The van der Waals surface area contributed by atoms with E-state index in [0.717, 1.165) is 22.0 Å². The summed E-state index contributed by atoms with van der Waals surface area (Å²) >= 11 is 3.40. The normalized spacial score (nSPS) is 26.8. The van der Waals surface area contributed by atoms with E-state index in [1.165, 1.54) is 0 Å². The van der Waals surface area contributed by atoms with Gasteiger partial charge in [-0.25, -0.2) is 4.79 Å². The van der Waals surface area contributed by atoms with Gasteiger partial charge in [0, 0.05) is 4.47 Å². The highest BCUT2D eigenvalue weighted by atomic mass is 79.9. The molecule has 1 heterocycles. The van der Waals surface area contributed by atoms with Gasteiger partial charge in [0.15, 0.2) is 0 Å². The minimum atomic E-state index is -0.826. The molecule has 1 saturated heterocycles. The number of benzene rings is 1. The van der Waals surface area contributed by atoms with Crippen LogP contribution in [0.25, 0.3) is 0 Å². The molecule has 3 rings (SSSR count). The molecule has 1 aliphatic carbocycles. The molecule has 2 N–H and O–H groups in total. The summed E-state index contributed by atoms with van der Waals surface area (Å²) in [4.78, 5) is 23.1. The van der Waals surface area contributed by atoms with Gasteiger partial charge < -0.3 is 5.32 Å². The Hall–Kier alpha value is -1.36. The van der Waals surface area contributed by atoms with Gasteiger partial charge >= 0.3 is 6.03 Å². The zero-order chi connectivity index (χ0) is 11.3. The van der Waals surface area contributed by atoms with Crippen LogP contribution in [0.2, 0.25) is 0 Å². The molecule has 1 spiro atoms. The topological polar surface area (TPSA) is 58.2 Å². The fourth-order valence-electron chi connectivity index (χ4n) is 2.50. The molecule has 5 heteroatoms. The van der Waals surface area contributed by atoms with Crippen molar-refractivity contribution >= 4 is 27.9 Å². The van der Waals surface area contributed by atoms with Gasteiger partial charge in [-0.1, -0.05) is 22.0 Å². The fourth-order valence-corrected chi connectivity index (χ4v) is 2.91. The lowest BCUT2D eigenvalue weighted by Gasteiger charge is -2.20. The second-order valence-electron chi connectivity index (χ2n) is 4.12. The van der Waals surface area contributed by atoms with Crippen molar-refractivity contribution < 1.29 is 9.59 Å². The number of halogens is 1. The number of carbonyl (C=O) groups is 2. The maximum atomic E-state index is 11.9. The highest BCUT2D eigenvalue weighted by Crippen LogP contribution is 2.39. The molecular weight excluding hydrogens is 272 g/mol. The maximum Gasteiger partial charge on any atom is 0.322 e. The van der Waals surface area contributed by atoms with Crippen LogP contribution in [-0.4, -0.2) is 11.9 Å². The van der Waals surface area contributed by atoms with Crippen molar-refractivity contribution in [1.29, 1.82) is 0 Å². The van der Waals surface area contributed by atoms with Gasteiger partial charge in [-0.05, 0) is 36.1 Å². The van der Waals surface area contributed by atoms with Crippen molar-refractivity contribution in [3.8, 4) is 0 Å². The van der Waals surface area contributed by atoms with Crippen LogP contribution < -0.4 is 10.6 Å². The Kier molecular flexibility index (Phi) is 1.89. The van der Waals surface area contributed by atoms with Gasteiger partial charge in [-0.15, -0.1) is 0 Å². The van der Waals surface area contributed by atoms with E-state index in [1.54, 1.807) is 0 Å². The Bertz CT molecular complexity index is 515. The smallest absolute Gasteiger partial charge is 0.319 e. The number of urea groups is 1. The average molecular weight is 281 g/mol. The summed E-state index contributed by atoms with van der Waals surface area (Å²) in [7, 11) is 0.